The SMILES string of the molecule is Cc1cc(Br)ccc1C(=O)NOC(C)(C)C. The number of nitrogens with one attached hydrogen (secondary N) is 1. The molecule has 0 heterocycles. The van der Waals surface area contributed by atoms with E-state index in [1.807, 2.05) is 39.8 Å². The fraction of sp³-hybridized carbons (Fsp3) is 0.417. The molecular formula is C12H16BrNO2. The summed E-state index contributed by atoms with van der Waals surface area (Å²) < 4.78 is 0.957. The average molecular weight is 286 g/mol. The first kappa shape index (κ1) is 13.2. The molecule has 0 aromatic heterocycles. The first-order chi connectivity index (χ1) is 7.29. The van der Waals surface area contributed by atoms with Gasteiger partial charge >= 0.3 is 0 Å². The molecule has 88 valence electrons. The predicted octanol–water partition coefficient (Wildman–Crippen LogP) is 3.22. The summed E-state index contributed by atoms with van der Waals surface area (Å²) in [4.78, 5) is 17.0. The zero-order chi connectivity index (χ0) is 12.3. The summed E-state index contributed by atoms with van der Waals surface area (Å²) in [5, 5.41) is 0. The van der Waals surface area contributed by atoms with Gasteiger partial charge in [-0.2, -0.15) is 0 Å². The number of carbonyl (C=O) groups excluding carboxylic acids is 1. The Kier molecular flexibility index (Phi) is 4.10. The molecule has 1 amide bonds. The molecule has 0 saturated carbocycles. The number of aryl methyl sites for hydroxylation is 1. The van der Waals surface area contributed by atoms with Gasteiger partial charge in [0.2, 0.25) is 0 Å². The summed E-state index contributed by atoms with van der Waals surface area (Å²) in [6.07, 6.45) is 0. The van der Waals surface area contributed by atoms with Crippen molar-refractivity contribution in [1.29, 1.82) is 0 Å². The van der Waals surface area contributed by atoms with Gasteiger partial charge in [-0.3, -0.25) is 9.63 Å². The lowest BCUT2D eigenvalue weighted by Gasteiger charge is -2.19. The first-order valence-corrected chi connectivity index (χ1v) is 5.83. The van der Waals surface area contributed by atoms with Gasteiger partial charge in [0.25, 0.3) is 5.91 Å². The lowest BCUT2D eigenvalue weighted by Crippen LogP contribution is -2.33. The average Bonchev–Trinajstić information content (AvgIpc) is 2.13. The van der Waals surface area contributed by atoms with Crippen molar-refractivity contribution in [2.75, 3.05) is 0 Å². The molecule has 0 fully saturated rings. The van der Waals surface area contributed by atoms with E-state index in [2.05, 4.69) is 21.4 Å². The highest BCUT2D eigenvalue weighted by atomic mass is 79.9. The Morgan fingerprint density at radius 2 is 2.00 bits per heavy atom. The van der Waals surface area contributed by atoms with Gasteiger partial charge < -0.3 is 0 Å². The van der Waals surface area contributed by atoms with Gasteiger partial charge in [0.1, 0.15) is 0 Å². The minimum atomic E-state index is -0.390. The quantitative estimate of drug-likeness (QED) is 0.848. The number of halogens is 1. The van der Waals surface area contributed by atoms with Crippen LogP contribution in [0.5, 0.6) is 0 Å². The van der Waals surface area contributed by atoms with Gasteiger partial charge in [-0.05, 0) is 51.5 Å². The van der Waals surface area contributed by atoms with Gasteiger partial charge in [-0.15, -0.1) is 0 Å². The number of rotatable bonds is 2. The van der Waals surface area contributed by atoms with E-state index in [1.54, 1.807) is 6.07 Å². The number of hydrogen-bond donors (Lipinski definition) is 1. The highest BCUT2D eigenvalue weighted by molar-refractivity contribution is 9.10. The predicted molar refractivity (Wildman–Crippen MR) is 67.2 cm³/mol. The zero-order valence-electron chi connectivity index (χ0n) is 9.93. The second kappa shape index (κ2) is 4.97. The molecule has 0 saturated heterocycles. The van der Waals surface area contributed by atoms with E-state index >= 15 is 0 Å². The van der Waals surface area contributed by atoms with Crippen molar-refractivity contribution in [3.8, 4) is 0 Å². The van der Waals surface area contributed by atoms with Crippen molar-refractivity contribution in [3.05, 3.63) is 33.8 Å². The molecule has 4 heteroatoms. The van der Waals surface area contributed by atoms with E-state index in [-0.39, 0.29) is 11.5 Å². The van der Waals surface area contributed by atoms with Crippen LogP contribution in [-0.4, -0.2) is 11.5 Å². The van der Waals surface area contributed by atoms with Crippen molar-refractivity contribution in [1.82, 2.24) is 5.48 Å². The third-order valence-corrected chi connectivity index (χ3v) is 2.38. The summed E-state index contributed by atoms with van der Waals surface area (Å²) >= 11 is 3.35. The first-order valence-electron chi connectivity index (χ1n) is 5.04. The monoisotopic (exact) mass is 285 g/mol. The molecule has 0 aliphatic heterocycles. The largest absolute Gasteiger partial charge is 0.275 e. The van der Waals surface area contributed by atoms with Gasteiger partial charge in [0.15, 0.2) is 0 Å². The van der Waals surface area contributed by atoms with E-state index < -0.39 is 0 Å². The molecule has 16 heavy (non-hydrogen) atoms. The van der Waals surface area contributed by atoms with Crippen LogP contribution in [0.2, 0.25) is 0 Å². The minimum Gasteiger partial charge on any atom is -0.268 e. The number of amides is 1. The molecule has 1 rings (SSSR count). The van der Waals surface area contributed by atoms with Crippen LogP contribution < -0.4 is 5.48 Å². The van der Waals surface area contributed by atoms with Crippen LogP contribution in [-0.2, 0) is 4.84 Å². The maximum Gasteiger partial charge on any atom is 0.275 e. The minimum absolute atomic E-state index is 0.222. The molecule has 0 atom stereocenters. The third-order valence-electron chi connectivity index (χ3n) is 1.88. The number of benzene rings is 1. The maximum absolute atomic E-state index is 11.8. The van der Waals surface area contributed by atoms with Crippen molar-refractivity contribution < 1.29 is 9.63 Å². The molecule has 0 radical (unpaired) electrons. The molecular weight excluding hydrogens is 270 g/mol. The maximum atomic E-state index is 11.8. The van der Waals surface area contributed by atoms with Crippen LogP contribution in [0.3, 0.4) is 0 Å². The lowest BCUT2D eigenvalue weighted by molar-refractivity contribution is -0.0590. The Balaban J connectivity index is 2.74. The van der Waals surface area contributed by atoms with Crippen molar-refractivity contribution in [2.45, 2.75) is 33.3 Å². The molecule has 1 N–H and O–H groups in total. The smallest absolute Gasteiger partial charge is 0.268 e. The van der Waals surface area contributed by atoms with E-state index in [0.29, 0.717) is 5.56 Å². The number of hydroxylamine groups is 1. The van der Waals surface area contributed by atoms with Crippen LogP contribution in [0.15, 0.2) is 22.7 Å². The number of hydrogen-bond acceptors (Lipinski definition) is 2. The molecule has 0 unspecified atom stereocenters. The fourth-order valence-electron chi connectivity index (χ4n) is 1.14. The highest BCUT2D eigenvalue weighted by Crippen LogP contribution is 2.16. The summed E-state index contributed by atoms with van der Waals surface area (Å²) in [6, 6.07) is 5.49. The summed E-state index contributed by atoms with van der Waals surface area (Å²) in [7, 11) is 0. The fourth-order valence-corrected chi connectivity index (χ4v) is 1.61. The summed E-state index contributed by atoms with van der Waals surface area (Å²) in [5.74, 6) is -0.222. The van der Waals surface area contributed by atoms with Gasteiger partial charge in [-0.1, -0.05) is 15.9 Å². The van der Waals surface area contributed by atoms with E-state index in [4.69, 9.17) is 4.84 Å². The standard InChI is InChI=1S/C12H16BrNO2/c1-8-7-9(13)5-6-10(8)11(15)14-16-12(2,3)4/h5-7H,1-4H3,(H,14,15). The second-order valence-electron chi connectivity index (χ2n) is 4.60. The summed E-state index contributed by atoms with van der Waals surface area (Å²) in [5.41, 5.74) is 3.58. The van der Waals surface area contributed by atoms with Crippen molar-refractivity contribution >= 4 is 21.8 Å². The zero-order valence-corrected chi connectivity index (χ0v) is 11.5. The van der Waals surface area contributed by atoms with Gasteiger partial charge in [-0.25, -0.2) is 5.48 Å². The molecule has 1 aromatic carbocycles. The molecule has 3 nitrogen and oxygen atoms in total. The van der Waals surface area contributed by atoms with Crippen LogP contribution in [0, 0.1) is 6.92 Å². The van der Waals surface area contributed by atoms with Crippen molar-refractivity contribution in [3.63, 3.8) is 0 Å². The Bertz CT molecular complexity index is 396. The van der Waals surface area contributed by atoms with Crippen LogP contribution in [0.1, 0.15) is 36.7 Å². The highest BCUT2D eigenvalue weighted by Gasteiger charge is 2.15. The van der Waals surface area contributed by atoms with Gasteiger partial charge in [0.05, 0.1) is 5.60 Å². The molecule has 0 aliphatic carbocycles. The van der Waals surface area contributed by atoms with Crippen molar-refractivity contribution in [2.24, 2.45) is 0 Å². The third kappa shape index (κ3) is 3.94. The van der Waals surface area contributed by atoms with Crippen LogP contribution >= 0.6 is 15.9 Å². The molecule has 1 aromatic rings. The van der Waals surface area contributed by atoms with E-state index in [0.717, 1.165) is 10.0 Å². The lowest BCUT2D eigenvalue weighted by atomic mass is 10.1. The normalized spacial score (nSPS) is 11.3. The molecule has 0 spiro atoms. The van der Waals surface area contributed by atoms with E-state index in [1.165, 1.54) is 0 Å². The van der Waals surface area contributed by atoms with Gasteiger partial charge in [0, 0.05) is 10.0 Å². The van der Waals surface area contributed by atoms with Crippen LogP contribution in [0.4, 0.5) is 0 Å². The summed E-state index contributed by atoms with van der Waals surface area (Å²) in [6.45, 7) is 7.52. The Labute approximate surface area is 104 Å². The van der Waals surface area contributed by atoms with E-state index in [9.17, 15) is 4.79 Å². The molecule has 0 aliphatic rings. The number of carbonyl (C=O) groups is 1. The Hall–Kier alpha value is -0.870. The topological polar surface area (TPSA) is 38.3 Å². The molecule has 0 bridgehead atoms. The van der Waals surface area contributed by atoms with Crippen LogP contribution in [0.25, 0.3) is 0 Å². The Morgan fingerprint density at radius 3 is 2.50 bits per heavy atom. The Morgan fingerprint density at radius 1 is 1.38 bits per heavy atom. The second-order valence-corrected chi connectivity index (χ2v) is 5.52.